The van der Waals surface area contributed by atoms with Crippen LogP contribution in [0.5, 0.6) is 0 Å². The molecule has 1 aromatic heterocycles. The number of aromatic nitrogens is 2. The highest BCUT2D eigenvalue weighted by Crippen LogP contribution is 2.12. The molecule has 1 N–H and O–H groups in total. The molecule has 0 amide bonds. The van der Waals surface area contributed by atoms with Gasteiger partial charge in [0.05, 0.1) is 11.4 Å². The van der Waals surface area contributed by atoms with Gasteiger partial charge in [-0.25, -0.2) is 13.1 Å². The van der Waals surface area contributed by atoms with Crippen molar-refractivity contribution in [3.05, 3.63) is 48.3 Å². The lowest BCUT2D eigenvalue weighted by Gasteiger charge is -2.10. The molecular weight excluding hydrogens is 286 g/mol. The van der Waals surface area contributed by atoms with Gasteiger partial charge < -0.3 is 5.32 Å². The van der Waals surface area contributed by atoms with Gasteiger partial charge in [0.15, 0.2) is 9.84 Å². The normalized spacial score (nSPS) is 11.7. The quantitative estimate of drug-likeness (QED) is 0.755. The summed E-state index contributed by atoms with van der Waals surface area (Å²) in [4.78, 5) is 0. The summed E-state index contributed by atoms with van der Waals surface area (Å²) in [5.74, 6) is 0.448. The zero-order chi connectivity index (χ0) is 15.1. The summed E-state index contributed by atoms with van der Waals surface area (Å²) in [6.45, 7) is 2.97. The zero-order valence-corrected chi connectivity index (χ0v) is 13.0. The van der Waals surface area contributed by atoms with Gasteiger partial charge in [0.2, 0.25) is 0 Å². The molecule has 0 radical (unpaired) electrons. The average molecular weight is 307 g/mol. The van der Waals surface area contributed by atoms with Crippen LogP contribution < -0.4 is 5.32 Å². The van der Waals surface area contributed by atoms with E-state index >= 15 is 0 Å². The maximum atomic E-state index is 11.6. The van der Waals surface area contributed by atoms with Crippen molar-refractivity contribution in [3.8, 4) is 5.69 Å². The Morgan fingerprint density at radius 2 is 2.00 bits per heavy atom. The molecule has 1 heterocycles. The molecule has 2 rings (SSSR count). The second kappa shape index (κ2) is 7.38. The molecule has 114 valence electrons. The minimum absolute atomic E-state index is 0.185. The summed E-state index contributed by atoms with van der Waals surface area (Å²) in [5.41, 5.74) is 2.10. The van der Waals surface area contributed by atoms with Gasteiger partial charge in [0.1, 0.15) is 0 Å². The molecular formula is C15H21N3O2S. The Morgan fingerprint density at radius 3 is 2.71 bits per heavy atom. The van der Waals surface area contributed by atoms with Crippen LogP contribution >= 0.6 is 0 Å². The van der Waals surface area contributed by atoms with Crippen molar-refractivity contribution >= 4 is 9.84 Å². The van der Waals surface area contributed by atoms with Crippen LogP contribution in [0.3, 0.4) is 0 Å². The SMILES string of the molecule is CCCS(=O)(=O)CCNCc1ccccc1-n1cccn1. The number of nitrogens with zero attached hydrogens (tertiary/aromatic N) is 2. The van der Waals surface area contributed by atoms with Crippen molar-refractivity contribution in [2.75, 3.05) is 18.1 Å². The first-order valence-electron chi connectivity index (χ1n) is 7.11. The average Bonchev–Trinajstić information content (AvgIpc) is 2.98. The predicted octanol–water partition coefficient (Wildman–Crippen LogP) is 1.79. The van der Waals surface area contributed by atoms with Crippen LogP contribution in [0.15, 0.2) is 42.7 Å². The first-order valence-corrected chi connectivity index (χ1v) is 8.93. The van der Waals surface area contributed by atoms with Crippen molar-refractivity contribution in [2.24, 2.45) is 0 Å². The van der Waals surface area contributed by atoms with Gasteiger partial charge >= 0.3 is 0 Å². The van der Waals surface area contributed by atoms with Gasteiger partial charge in [-0.15, -0.1) is 0 Å². The lowest BCUT2D eigenvalue weighted by Crippen LogP contribution is -2.24. The Morgan fingerprint density at radius 1 is 1.19 bits per heavy atom. The summed E-state index contributed by atoms with van der Waals surface area (Å²) in [6, 6.07) is 9.83. The standard InChI is InChI=1S/C15H21N3O2S/c1-2-11-21(19,20)12-9-16-13-14-6-3-4-7-15(14)18-10-5-8-17-18/h3-8,10,16H,2,9,11-13H2,1H3. The summed E-state index contributed by atoms with van der Waals surface area (Å²) < 4.78 is 25.1. The Hall–Kier alpha value is -1.66. The van der Waals surface area contributed by atoms with Crippen LogP contribution in [0.4, 0.5) is 0 Å². The van der Waals surface area contributed by atoms with E-state index in [4.69, 9.17) is 0 Å². The number of sulfone groups is 1. The maximum absolute atomic E-state index is 11.6. The van der Waals surface area contributed by atoms with Gasteiger partial charge in [0, 0.05) is 31.2 Å². The first kappa shape index (κ1) is 15.7. The van der Waals surface area contributed by atoms with Crippen LogP contribution in [-0.4, -0.2) is 36.2 Å². The van der Waals surface area contributed by atoms with Crippen molar-refractivity contribution < 1.29 is 8.42 Å². The molecule has 1 aromatic carbocycles. The first-order chi connectivity index (χ1) is 10.1. The molecule has 6 heteroatoms. The van der Waals surface area contributed by atoms with E-state index in [-0.39, 0.29) is 11.5 Å². The second-order valence-corrected chi connectivity index (χ2v) is 7.21. The highest BCUT2D eigenvalue weighted by Gasteiger charge is 2.09. The van der Waals surface area contributed by atoms with Crippen molar-refractivity contribution in [1.29, 1.82) is 0 Å². The van der Waals surface area contributed by atoms with Gasteiger partial charge in [-0.05, 0) is 24.1 Å². The molecule has 0 atom stereocenters. The molecule has 0 bridgehead atoms. The number of para-hydroxylation sites is 1. The fourth-order valence-corrected chi connectivity index (χ4v) is 3.44. The number of benzene rings is 1. The second-order valence-electron chi connectivity index (χ2n) is 4.91. The molecule has 0 aliphatic carbocycles. The van der Waals surface area contributed by atoms with E-state index in [1.54, 1.807) is 6.20 Å². The minimum Gasteiger partial charge on any atom is -0.312 e. The van der Waals surface area contributed by atoms with Gasteiger partial charge in [-0.1, -0.05) is 25.1 Å². The predicted molar refractivity (Wildman–Crippen MR) is 84.2 cm³/mol. The Labute approximate surface area is 125 Å². The Kier molecular flexibility index (Phi) is 5.52. The van der Waals surface area contributed by atoms with Crippen LogP contribution in [0, 0.1) is 0 Å². The van der Waals surface area contributed by atoms with Gasteiger partial charge in [-0.2, -0.15) is 5.10 Å². The van der Waals surface area contributed by atoms with Crippen LogP contribution in [0.25, 0.3) is 5.69 Å². The highest BCUT2D eigenvalue weighted by atomic mass is 32.2. The summed E-state index contributed by atoms with van der Waals surface area (Å²) in [7, 11) is -2.92. The van der Waals surface area contributed by atoms with E-state index in [1.165, 1.54) is 0 Å². The largest absolute Gasteiger partial charge is 0.312 e. The maximum Gasteiger partial charge on any atom is 0.151 e. The smallest absolute Gasteiger partial charge is 0.151 e. The van der Waals surface area contributed by atoms with Crippen molar-refractivity contribution in [2.45, 2.75) is 19.9 Å². The van der Waals surface area contributed by atoms with Crippen LogP contribution in [-0.2, 0) is 16.4 Å². The van der Waals surface area contributed by atoms with E-state index < -0.39 is 9.84 Å². The molecule has 0 saturated carbocycles. The minimum atomic E-state index is -2.92. The highest BCUT2D eigenvalue weighted by molar-refractivity contribution is 7.91. The topological polar surface area (TPSA) is 64.0 Å². The molecule has 0 spiro atoms. The summed E-state index contributed by atoms with van der Waals surface area (Å²) in [6.07, 6.45) is 4.30. The third-order valence-corrected chi connectivity index (χ3v) is 5.02. The third-order valence-electron chi connectivity index (χ3n) is 3.16. The van der Waals surface area contributed by atoms with E-state index in [1.807, 2.05) is 48.1 Å². The van der Waals surface area contributed by atoms with E-state index in [9.17, 15) is 8.42 Å². The number of hydrogen-bond donors (Lipinski definition) is 1. The molecule has 2 aromatic rings. The molecule has 0 saturated heterocycles. The van der Waals surface area contributed by atoms with E-state index in [0.29, 0.717) is 19.5 Å². The molecule has 21 heavy (non-hydrogen) atoms. The van der Waals surface area contributed by atoms with E-state index in [0.717, 1.165) is 11.3 Å². The monoisotopic (exact) mass is 307 g/mol. The lowest BCUT2D eigenvalue weighted by atomic mass is 10.2. The fraction of sp³-hybridized carbons (Fsp3) is 0.400. The van der Waals surface area contributed by atoms with Crippen molar-refractivity contribution in [1.82, 2.24) is 15.1 Å². The molecule has 0 fully saturated rings. The molecule has 0 aliphatic rings. The molecule has 5 nitrogen and oxygen atoms in total. The molecule has 0 unspecified atom stereocenters. The number of rotatable bonds is 8. The summed E-state index contributed by atoms with van der Waals surface area (Å²) in [5, 5.41) is 7.43. The van der Waals surface area contributed by atoms with E-state index in [2.05, 4.69) is 10.4 Å². The van der Waals surface area contributed by atoms with Gasteiger partial charge in [0.25, 0.3) is 0 Å². The third kappa shape index (κ3) is 4.68. The fourth-order valence-electron chi connectivity index (χ4n) is 2.16. The number of nitrogens with one attached hydrogen (secondary N) is 1. The summed E-state index contributed by atoms with van der Waals surface area (Å²) >= 11 is 0. The molecule has 0 aliphatic heterocycles. The van der Waals surface area contributed by atoms with Crippen molar-refractivity contribution in [3.63, 3.8) is 0 Å². The zero-order valence-electron chi connectivity index (χ0n) is 12.2. The van der Waals surface area contributed by atoms with Crippen LogP contribution in [0.2, 0.25) is 0 Å². The number of hydrogen-bond acceptors (Lipinski definition) is 4. The van der Waals surface area contributed by atoms with Crippen LogP contribution in [0.1, 0.15) is 18.9 Å². The van der Waals surface area contributed by atoms with Gasteiger partial charge in [-0.3, -0.25) is 0 Å². The Balaban J connectivity index is 1.93. The lowest BCUT2D eigenvalue weighted by molar-refractivity contribution is 0.589. The Bertz CT molecular complexity index is 651.